The molecule has 0 spiro atoms. The highest BCUT2D eigenvalue weighted by atomic mass is 35.5. The molecule has 1 aromatic carbocycles. The summed E-state index contributed by atoms with van der Waals surface area (Å²) in [5, 5.41) is 3.68. The molecule has 3 nitrogen and oxygen atoms in total. The number of aryl methyl sites for hydroxylation is 1. The molecule has 2 heterocycles. The van der Waals surface area contributed by atoms with Gasteiger partial charge in [-0.05, 0) is 43.5 Å². The first-order valence-electron chi connectivity index (χ1n) is 7.19. The maximum Gasteiger partial charge on any atom is 0.124 e. The highest BCUT2D eigenvalue weighted by Crippen LogP contribution is 2.40. The van der Waals surface area contributed by atoms with Crippen LogP contribution >= 0.6 is 22.9 Å². The first-order chi connectivity index (χ1) is 10.2. The lowest BCUT2D eigenvalue weighted by Gasteiger charge is -2.18. The predicted octanol–water partition coefficient (Wildman–Crippen LogP) is 4.62. The lowest BCUT2D eigenvalue weighted by Crippen LogP contribution is -2.23. The SMILES string of the molecule is CC(NC1CCc2sc(Cl)cc21)c1nc2ccccc2[nH]1. The smallest absolute Gasteiger partial charge is 0.124 e. The number of H-pyrrole nitrogens is 1. The third-order valence-electron chi connectivity index (χ3n) is 4.12. The number of para-hydroxylation sites is 2. The fourth-order valence-corrected chi connectivity index (χ4v) is 4.42. The fourth-order valence-electron chi connectivity index (χ4n) is 3.06. The van der Waals surface area contributed by atoms with Crippen LogP contribution in [0.15, 0.2) is 30.3 Å². The molecule has 0 bridgehead atoms. The molecular formula is C16H16ClN3S. The molecule has 0 amide bonds. The summed E-state index contributed by atoms with van der Waals surface area (Å²) in [7, 11) is 0. The van der Waals surface area contributed by atoms with Gasteiger partial charge in [0.1, 0.15) is 5.82 Å². The van der Waals surface area contributed by atoms with E-state index in [4.69, 9.17) is 11.6 Å². The van der Waals surface area contributed by atoms with E-state index in [9.17, 15) is 0 Å². The van der Waals surface area contributed by atoms with Crippen molar-refractivity contribution in [2.24, 2.45) is 0 Å². The monoisotopic (exact) mass is 317 g/mol. The number of hydrogen-bond donors (Lipinski definition) is 2. The number of thiophene rings is 1. The fraction of sp³-hybridized carbons (Fsp3) is 0.312. The second-order valence-corrected chi connectivity index (χ2v) is 7.32. The van der Waals surface area contributed by atoms with Gasteiger partial charge in [0.15, 0.2) is 0 Å². The molecule has 1 aliphatic carbocycles. The number of imidazole rings is 1. The van der Waals surface area contributed by atoms with Crippen LogP contribution in [0, 0.1) is 0 Å². The Morgan fingerprint density at radius 3 is 3.14 bits per heavy atom. The molecule has 2 aromatic heterocycles. The number of benzene rings is 1. The highest BCUT2D eigenvalue weighted by molar-refractivity contribution is 7.16. The van der Waals surface area contributed by atoms with E-state index in [0.29, 0.717) is 6.04 Å². The molecule has 108 valence electrons. The lowest BCUT2D eigenvalue weighted by molar-refractivity contribution is 0.453. The van der Waals surface area contributed by atoms with Crippen molar-refractivity contribution >= 4 is 34.0 Å². The van der Waals surface area contributed by atoms with Crippen LogP contribution in [-0.4, -0.2) is 9.97 Å². The zero-order valence-corrected chi connectivity index (χ0v) is 13.3. The summed E-state index contributed by atoms with van der Waals surface area (Å²) in [6.45, 7) is 2.16. The standard InChI is InChI=1S/C16H16ClN3S/c1-9(16-19-12-4-2-3-5-13(12)20-16)18-11-6-7-14-10(11)8-15(17)21-14/h2-5,8-9,11,18H,6-7H2,1H3,(H,19,20). The van der Waals surface area contributed by atoms with Gasteiger partial charge in [0, 0.05) is 10.9 Å². The number of hydrogen-bond acceptors (Lipinski definition) is 3. The minimum atomic E-state index is 0.187. The molecule has 5 heteroatoms. The summed E-state index contributed by atoms with van der Waals surface area (Å²) >= 11 is 7.83. The number of rotatable bonds is 3. The van der Waals surface area contributed by atoms with Crippen molar-refractivity contribution in [3.8, 4) is 0 Å². The van der Waals surface area contributed by atoms with E-state index >= 15 is 0 Å². The number of aromatic amines is 1. The Morgan fingerprint density at radius 2 is 2.29 bits per heavy atom. The van der Waals surface area contributed by atoms with Crippen molar-refractivity contribution in [2.75, 3.05) is 0 Å². The lowest BCUT2D eigenvalue weighted by atomic mass is 10.1. The van der Waals surface area contributed by atoms with Crippen molar-refractivity contribution in [1.82, 2.24) is 15.3 Å². The van der Waals surface area contributed by atoms with E-state index < -0.39 is 0 Å². The molecule has 2 N–H and O–H groups in total. The van der Waals surface area contributed by atoms with Crippen molar-refractivity contribution in [3.05, 3.63) is 50.9 Å². The zero-order chi connectivity index (χ0) is 14.4. The second-order valence-electron chi connectivity index (χ2n) is 5.55. The van der Waals surface area contributed by atoms with E-state index in [1.807, 2.05) is 18.2 Å². The van der Waals surface area contributed by atoms with Crippen LogP contribution in [0.5, 0.6) is 0 Å². The molecule has 2 unspecified atom stereocenters. The van der Waals surface area contributed by atoms with Crippen molar-refractivity contribution in [1.29, 1.82) is 0 Å². The number of fused-ring (bicyclic) bond motifs is 2. The largest absolute Gasteiger partial charge is 0.341 e. The molecule has 1 aliphatic rings. The Bertz CT molecular complexity index is 759. The molecule has 0 aliphatic heterocycles. The number of halogens is 1. The minimum absolute atomic E-state index is 0.187. The van der Waals surface area contributed by atoms with Gasteiger partial charge in [-0.3, -0.25) is 0 Å². The quantitative estimate of drug-likeness (QED) is 0.740. The van der Waals surface area contributed by atoms with Crippen molar-refractivity contribution in [2.45, 2.75) is 31.8 Å². The van der Waals surface area contributed by atoms with Crippen LogP contribution in [0.25, 0.3) is 11.0 Å². The maximum absolute atomic E-state index is 6.12. The van der Waals surface area contributed by atoms with Crippen molar-refractivity contribution < 1.29 is 0 Å². The van der Waals surface area contributed by atoms with Crippen LogP contribution in [0.2, 0.25) is 4.34 Å². The number of aromatic nitrogens is 2. The summed E-state index contributed by atoms with van der Waals surface area (Å²) in [4.78, 5) is 9.50. The second kappa shape index (κ2) is 5.13. The van der Waals surface area contributed by atoms with Gasteiger partial charge in [-0.25, -0.2) is 4.98 Å². The number of nitrogens with zero attached hydrogens (tertiary/aromatic N) is 1. The Labute approximate surface area is 132 Å². The normalized spacial score (nSPS) is 19.0. The zero-order valence-electron chi connectivity index (χ0n) is 11.7. The van der Waals surface area contributed by atoms with Gasteiger partial charge in [0.25, 0.3) is 0 Å². The Kier molecular flexibility index (Phi) is 3.25. The van der Waals surface area contributed by atoms with E-state index in [0.717, 1.165) is 34.0 Å². The topological polar surface area (TPSA) is 40.7 Å². The first kappa shape index (κ1) is 13.3. The highest BCUT2D eigenvalue weighted by Gasteiger charge is 2.27. The van der Waals surface area contributed by atoms with Crippen LogP contribution in [-0.2, 0) is 6.42 Å². The third kappa shape index (κ3) is 2.37. The molecule has 3 aromatic rings. The minimum Gasteiger partial charge on any atom is -0.341 e. The summed E-state index contributed by atoms with van der Waals surface area (Å²) in [6.07, 6.45) is 2.26. The van der Waals surface area contributed by atoms with E-state index in [2.05, 4.69) is 34.3 Å². The Balaban J connectivity index is 1.57. The third-order valence-corrected chi connectivity index (χ3v) is 5.46. The van der Waals surface area contributed by atoms with Crippen LogP contribution < -0.4 is 5.32 Å². The summed E-state index contributed by atoms with van der Waals surface area (Å²) in [6, 6.07) is 10.8. The molecule has 0 radical (unpaired) electrons. The van der Waals surface area contributed by atoms with Gasteiger partial charge in [-0.1, -0.05) is 23.7 Å². The predicted molar refractivity (Wildman–Crippen MR) is 88.0 cm³/mol. The number of nitrogens with one attached hydrogen (secondary N) is 2. The van der Waals surface area contributed by atoms with Crippen LogP contribution in [0.4, 0.5) is 0 Å². The van der Waals surface area contributed by atoms with Gasteiger partial charge < -0.3 is 10.3 Å². The maximum atomic E-state index is 6.12. The van der Waals surface area contributed by atoms with Gasteiger partial charge >= 0.3 is 0 Å². The average molecular weight is 318 g/mol. The van der Waals surface area contributed by atoms with E-state index in [-0.39, 0.29) is 6.04 Å². The average Bonchev–Trinajstić information content (AvgIpc) is 3.13. The van der Waals surface area contributed by atoms with E-state index in [1.54, 1.807) is 11.3 Å². The molecule has 0 saturated heterocycles. The van der Waals surface area contributed by atoms with E-state index in [1.165, 1.54) is 10.4 Å². The molecule has 4 rings (SSSR count). The molecule has 2 atom stereocenters. The first-order valence-corrected chi connectivity index (χ1v) is 8.39. The van der Waals surface area contributed by atoms with Gasteiger partial charge in [0.05, 0.1) is 21.4 Å². The van der Waals surface area contributed by atoms with Gasteiger partial charge in [-0.15, -0.1) is 11.3 Å². The Morgan fingerprint density at radius 1 is 1.43 bits per heavy atom. The summed E-state index contributed by atoms with van der Waals surface area (Å²) < 4.78 is 0.892. The molecule has 0 saturated carbocycles. The molecule has 21 heavy (non-hydrogen) atoms. The van der Waals surface area contributed by atoms with Crippen LogP contribution in [0.1, 0.15) is 41.7 Å². The summed E-state index contributed by atoms with van der Waals surface area (Å²) in [5.41, 5.74) is 3.48. The summed E-state index contributed by atoms with van der Waals surface area (Å²) in [5.74, 6) is 0.992. The molecule has 0 fully saturated rings. The van der Waals surface area contributed by atoms with Crippen molar-refractivity contribution in [3.63, 3.8) is 0 Å². The molecular weight excluding hydrogens is 302 g/mol. The van der Waals surface area contributed by atoms with Gasteiger partial charge in [-0.2, -0.15) is 0 Å². The van der Waals surface area contributed by atoms with Crippen LogP contribution in [0.3, 0.4) is 0 Å². The Hall–Kier alpha value is -1.36. The van der Waals surface area contributed by atoms with Gasteiger partial charge in [0.2, 0.25) is 0 Å².